The maximum atomic E-state index is 12.3. The Bertz CT molecular complexity index is 851. The summed E-state index contributed by atoms with van der Waals surface area (Å²) in [5.74, 6) is 0.129. The lowest BCUT2D eigenvalue weighted by Gasteiger charge is -2.13. The number of methoxy groups -OCH3 is 1. The van der Waals surface area contributed by atoms with Crippen molar-refractivity contribution in [2.24, 2.45) is 5.10 Å². The van der Waals surface area contributed by atoms with Crippen molar-refractivity contribution in [3.63, 3.8) is 0 Å². The molecule has 1 heterocycles. The lowest BCUT2D eigenvalue weighted by molar-refractivity contribution is -0.385. The summed E-state index contributed by atoms with van der Waals surface area (Å²) in [5, 5.41) is 16.6. The van der Waals surface area contributed by atoms with Crippen LogP contribution in [0.25, 0.3) is 0 Å². The highest BCUT2D eigenvalue weighted by Gasteiger charge is 2.22. The third-order valence-electron chi connectivity index (χ3n) is 3.91. The van der Waals surface area contributed by atoms with Gasteiger partial charge in [-0.3, -0.25) is 14.9 Å². The fourth-order valence-corrected chi connectivity index (χ4v) is 2.58. The zero-order valence-electron chi connectivity index (χ0n) is 14.1. The second kappa shape index (κ2) is 7.64. The van der Waals surface area contributed by atoms with Gasteiger partial charge in [0, 0.05) is 12.5 Å². The van der Waals surface area contributed by atoms with E-state index in [9.17, 15) is 14.9 Å². The molecule has 0 saturated heterocycles. The Balaban J connectivity index is 1.67. The van der Waals surface area contributed by atoms with Crippen LogP contribution in [-0.4, -0.2) is 41.8 Å². The van der Waals surface area contributed by atoms with Gasteiger partial charge in [-0.1, -0.05) is 30.3 Å². The molecule has 0 aromatic heterocycles. The van der Waals surface area contributed by atoms with Gasteiger partial charge in [-0.2, -0.15) is 5.10 Å². The highest BCUT2D eigenvalue weighted by atomic mass is 16.6. The van der Waals surface area contributed by atoms with E-state index in [4.69, 9.17) is 9.47 Å². The lowest BCUT2D eigenvalue weighted by Crippen LogP contribution is -2.28. The van der Waals surface area contributed by atoms with Gasteiger partial charge in [0.25, 0.3) is 11.6 Å². The van der Waals surface area contributed by atoms with Crippen molar-refractivity contribution >= 4 is 17.3 Å². The van der Waals surface area contributed by atoms with Crippen molar-refractivity contribution in [1.82, 2.24) is 5.01 Å². The molecule has 1 amide bonds. The predicted molar refractivity (Wildman–Crippen MR) is 94.5 cm³/mol. The predicted octanol–water partition coefficient (Wildman–Crippen LogP) is 2.62. The number of hydrazone groups is 1. The molecule has 0 fully saturated rings. The monoisotopic (exact) mass is 355 g/mol. The van der Waals surface area contributed by atoms with Crippen LogP contribution in [0.15, 0.2) is 53.6 Å². The Labute approximate surface area is 149 Å². The van der Waals surface area contributed by atoms with Crippen molar-refractivity contribution in [3.8, 4) is 11.5 Å². The van der Waals surface area contributed by atoms with E-state index in [0.29, 0.717) is 18.7 Å². The van der Waals surface area contributed by atoms with E-state index in [1.165, 1.54) is 30.3 Å². The van der Waals surface area contributed by atoms with Gasteiger partial charge < -0.3 is 9.47 Å². The van der Waals surface area contributed by atoms with Gasteiger partial charge in [0.2, 0.25) is 0 Å². The van der Waals surface area contributed by atoms with Crippen LogP contribution in [0, 0.1) is 10.1 Å². The van der Waals surface area contributed by atoms with Gasteiger partial charge in [0.1, 0.15) is 0 Å². The molecule has 0 radical (unpaired) electrons. The molecule has 1 aliphatic heterocycles. The van der Waals surface area contributed by atoms with Crippen LogP contribution < -0.4 is 9.47 Å². The first-order valence-corrected chi connectivity index (χ1v) is 7.97. The number of carbonyl (C=O) groups is 1. The molecule has 3 rings (SSSR count). The van der Waals surface area contributed by atoms with E-state index in [0.717, 1.165) is 11.3 Å². The SMILES string of the molecule is COc1ccc([N+](=O)[O-])cc1OCC(=O)N1CCC(c2ccccc2)=N1. The minimum absolute atomic E-state index is 0.140. The van der Waals surface area contributed by atoms with Crippen LogP contribution in [0.2, 0.25) is 0 Å². The molecule has 0 spiro atoms. The van der Waals surface area contributed by atoms with E-state index >= 15 is 0 Å². The number of benzene rings is 2. The highest BCUT2D eigenvalue weighted by Crippen LogP contribution is 2.31. The first-order valence-electron chi connectivity index (χ1n) is 7.97. The Hall–Kier alpha value is -3.42. The van der Waals surface area contributed by atoms with Gasteiger partial charge in [-0.05, 0) is 11.6 Å². The number of non-ortho nitro benzene ring substituents is 1. The number of nitrogens with zero attached hydrogens (tertiary/aromatic N) is 3. The zero-order valence-corrected chi connectivity index (χ0v) is 14.1. The van der Waals surface area contributed by atoms with Crippen molar-refractivity contribution in [2.75, 3.05) is 20.3 Å². The Morgan fingerprint density at radius 2 is 2.00 bits per heavy atom. The lowest BCUT2D eigenvalue weighted by atomic mass is 10.1. The van der Waals surface area contributed by atoms with Crippen LogP contribution in [0.1, 0.15) is 12.0 Å². The summed E-state index contributed by atoms with van der Waals surface area (Å²) >= 11 is 0. The molecule has 0 bridgehead atoms. The first kappa shape index (κ1) is 17.4. The third-order valence-corrected chi connectivity index (χ3v) is 3.91. The number of nitro groups is 1. The molecule has 0 saturated carbocycles. The minimum atomic E-state index is -0.537. The Morgan fingerprint density at radius 1 is 1.23 bits per heavy atom. The number of hydrogen-bond donors (Lipinski definition) is 0. The molecular weight excluding hydrogens is 338 g/mol. The summed E-state index contributed by atoms with van der Waals surface area (Å²) in [6.45, 7) is 0.182. The summed E-state index contributed by atoms with van der Waals surface area (Å²) in [5.41, 5.74) is 1.68. The number of amides is 1. The first-order chi connectivity index (χ1) is 12.6. The molecule has 0 atom stereocenters. The summed E-state index contributed by atoms with van der Waals surface area (Å²) < 4.78 is 10.6. The molecule has 1 aliphatic rings. The number of ether oxygens (including phenoxy) is 2. The number of nitro benzene ring substituents is 1. The van der Waals surface area contributed by atoms with E-state index in [2.05, 4.69) is 5.10 Å². The van der Waals surface area contributed by atoms with Crippen LogP contribution in [0.5, 0.6) is 11.5 Å². The van der Waals surface area contributed by atoms with Crippen molar-refractivity contribution < 1.29 is 19.2 Å². The van der Waals surface area contributed by atoms with Gasteiger partial charge in [0.15, 0.2) is 18.1 Å². The molecule has 2 aromatic rings. The second-order valence-corrected chi connectivity index (χ2v) is 5.56. The van der Waals surface area contributed by atoms with Gasteiger partial charge >= 0.3 is 0 Å². The quantitative estimate of drug-likeness (QED) is 0.586. The van der Waals surface area contributed by atoms with Crippen molar-refractivity contribution in [1.29, 1.82) is 0 Å². The van der Waals surface area contributed by atoms with E-state index in [1.54, 1.807) is 0 Å². The molecule has 134 valence electrons. The number of carbonyl (C=O) groups excluding carboxylic acids is 1. The van der Waals surface area contributed by atoms with Crippen LogP contribution in [0.4, 0.5) is 5.69 Å². The molecule has 0 aliphatic carbocycles. The van der Waals surface area contributed by atoms with E-state index in [-0.39, 0.29) is 24.0 Å². The summed E-state index contributed by atoms with van der Waals surface area (Å²) in [4.78, 5) is 22.7. The molecule has 8 nitrogen and oxygen atoms in total. The van der Waals surface area contributed by atoms with Gasteiger partial charge in [-0.25, -0.2) is 5.01 Å². The van der Waals surface area contributed by atoms with Gasteiger partial charge in [0.05, 0.1) is 30.4 Å². The molecular formula is C18H17N3O5. The topological polar surface area (TPSA) is 94.3 Å². The smallest absolute Gasteiger partial charge is 0.280 e. The zero-order chi connectivity index (χ0) is 18.5. The van der Waals surface area contributed by atoms with E-state index < -0.39 is 4.92 Å². The Kier molecular flexibility index (Phi) is 5.12. The molecule has 8 heteroatoms. The summed E-state index contributed by atoms with van der Waals surface area (Å²) in [6, 6.07) is 13.6. The fraction of sp³-hybridized carbons (Fsp3) is 0.222. The van der Waals surface area contributed by atoms with Crippen LogP contribution in [-0.2, 0) is 4.79 Å². The molecule has 0 N–H and O–H groups in total. The van der Waals surface area contributed by atoms with Gasteiger partial charge in [-0.15, -0.1) is 0 Å². The molecule has 26 heavy (non-hydrogen) atoms. The standard InChI is InChI=1S/C18H17N3O5/c1-25-16-8-7-14(21(23)24)11-17(16)26-12-18(22)20-10-9-15(19-20)13-5-3-2-4-6-13/h2-8,11H,9-10,12H2,1H3. The molecule has 2 aromatic carbocycles. The highest BCUT2D eigenvalue weighted by molar-refractivity contribution is 6.02. The van der Waals surface area contributed by atoms with E-state index in [1.807, 2.05) is 30.3 Å². The second-order valence-electron chi connectivity index (χ2n) is 5.56. The normalized spacial score (nSPS) is 13.3. The average Bonchev–Trinajstić information content (AvgIpc) is 3.16. The van der Waals surface area contributed by atoms with Crippen molar-refractivity contribution in [2.45, 2.75) is 6.42 Å². The Morgan fingerprint density at radius 3 is 2.69 bits per heavy atom. The largest absolute Gasteiger partial charge is 0.493 e. The maximum Gasteiger partial charge on any atom is 0.280 e. The molecule has 0 unspecified atom stereocenters. The fourth-order valence-electron chi connectivity index (χ4n) is 2.58. The summed E-state index contributed by atoms with van der Waals surface area (Å²) in [6.07, 6.45) is 0.663. The minimum Gasteiger partial charge on any atom is -0.493 e. The third kappa shape index (κ3) is 3.80. The number of rotatable bonds is 6. The van der Waals surface area contributed by atoms with Crippen molar-refractivity contribution in [3.05, 3.63) is 64.2 Å². The average molecular weight is 355 g/mol. The number of hydrogen-bond acceptors (Lipinski definition) is 6. The summed E-state index contributed by atoms with van der Waals surface area (Å²) in [7, 11) is 1.42. The maximum absolute atomic E-state index is 12.3. The van der Waals surface area contributed by atoms with Crippen LogP contribution in [0.3, 0.4) is 0 Å². The van der Waals surface area contributed by atoms with Crippen LogP contribution >= 0.6 is 0 Å².